The molecule has 3 atom stereocenters. The van der Waals surface area contributed by atoms with E-state index in [0.29, 0.717) is 24.0 Å². The zero-order valence-electron chi connectivity index (χ0n) is 22.2. The lowest BCUT2D eigenvalue weighted by atomic mass is 9.93. The number of methoxy groups -OCH3 is 1. The molecular weight excluding hydrogens is 490 g/mol. The molecule has 7 heteroatoms. The molecule has 5 rings (SSSR count). The monoisotopic (exact) mass is 523 g/mol. The van der Waals surface area contributed by atoms with Crippen molar-refractivity contribution in [1.82, 2.24) is 14.7 Å². The summed E-state index contributed by atoms with van der Waals surface area (Å²) >= 11 is 0. The molecule has 2 heterocycles. The van der Waals surface area contributed by atoms with Gasteiger partial charge in [0.15, 0.2) is 0 Å². The molecule has 4 aromatic rings. The first-order valence-corrected chi connectivity index (χ1v) is 13.2. The second kappa shape index (κ2) is 11.8. The van der Waals surface area contributed by atoms with Crippen molar-refractivity contribution in [3.63, 3.8) is 0 Å². The largest absolute Gasteiger partial charge is 0.394 e. The topological polar surface area (TPSA) is 84.7 Å². The highest BCUT2D eigenvalue weighted by Gasteiger charge is 2.28. The third kappa shape index (κ3) is 5.55. The molecule has 0 unspecified atom stereocenters. The van der Waals surface area contributed by atoms with Gasteiger partial charge in [0.2, 0.25) is 5.91 Å². The predicted molar refractivity (Wildman–Crippen MR) is 152 cm³/mol. The van der Waals surface area contributed by atoms with Gasteiger partial charge in [-0.2, -0.15) is 9.78 Å². The Kier molecular flexibility index (Phi) is 8.00. The van der Waals surface area contributed by atoms with Crippen molar-refractivity contribution in [2.45, 2.75) is 38.5 Å². The fraction of sp³-hybridized carbons (Fsp3) is 0.281. The maximum atomic E-state index is 13.0. The molecule has 1 aliphatic heterocycles. The highest BCUT2D eigenvalue weighted by Crippen LogP contribution is 2.28. The van der Waals surface area contributed by atoms with Crippen molar-refractivity contribution in [2.75, 3.05) is 13.7 Å². The third-order valence-corrected chi connectivity index (χ3v) is 7.51. The molecule has 7 nitrogen and oxygen atoms in total. The summed E-state index contributed by atoms with van der Waals surface area (Å²) in [6.07, 6.45) is 6.29. The van der Waals surface area contributed by atoms with E-state index in [1.54, 1.807) is 24.3 Å². The quantitative estimate of drug-likeness (QED) is 0.341. The zero-order valence-corrected chi connectivity index (χ0v) is 22.2. The van der Waals surface area contributed by atoms with Gasteiger partial charge in [-0.25, -0.2) is 0 Å². The van der Waals surface area contributed by atoms with Gasteiger partial charge in [-0.1, -0.05) is 73.7 Å². The predicted octanol–water partition coefficient (Wildman–Crippen LogP) is 4.60. The Labute approximate surface area is 228 Å². The lowest BCUT2D eigenvalue weighted by Gasteiger charge is -2.36. The number of ether oxygens (including phenoxy) is 1. The van der Waals surface area contributed by atoms with Crippen molar-refractivity contribution >= 4 is 16.7 Å². The summed E-state index contributed by atoms with van der Waals surface area (Å²) in [5.74, 6) is 0.00420. The minimum atomic E-state index is -0.223. The zero-order chi connectivity index (χ0) is 27.4. The number of fused-ring (bicyclic) bond motifs is 2. The molecule has 3 aromatic carbocycles. The summed E-state index contributed by atoms with van der Waals surface area (Å²) in [5, 5.41) is 15.7. The minimum Gasteiger partial charge on any atom is -0.394 e. The van der Waals surface area contributed by atoms with E-state index in [1.807, 2.05) is 79.7 Å². The van der Waals surface area contributed by atoms with E-state index in [-0.39, 0.29) is 42.6 Å². The van der Waals surface area contributed by atoms with Gasteiger partial charge in [0.05, 0.1) is 36.0 Å². The van der Waals surface area contributed by atoms with Crippen LogP contribution in [0.15, 0.2) is 95.9 Å². The number of aromatic nitrogens is 2. The average Bonchev–Trinajstić information content (AvgIpc) is 2.97. The van der Waals surface area contributed by atoms with Gasteiger partial charge in [0, 0.05) is 31.4 Å². The Bertz CT molecular complexity index is 1540. The summed E-state index contributed by atoms with van der Waals surface area (Å²) in [6, 6.07) is 22.9. The van der Waals surface area contributed by atoms with Gasteiger partial charge in [0.25, 0.3) is 5.56 Å². The lowest BCUT2D eigenvalue weighted by molar-refractivity contribution is -0.134. The van der Waals surface area contributed by atoms with Gasteiger partial charge in [-0.15, -0.1) is 0 Å². The number of aliphatic hydroxyl groups excluding tert-OH is 1. The molecule has 1 aromatic heterocycles. The van der Waals surface area contributed by atoms with E-state index in [0.717, 1.165) is 16.5 Å². The van der Waals surface area contributed by atoms with E-state index in [4.69, 9.17) is 4.74 Å². The van der Waals surface area contributed by atoms with E-state index in [1.165, 1.54) is 10.2 Å². The van der Waals surface area contributed by atoms with Gasteiger partial charge >= 0.3 is 0 Å². The summed E-state index contributed by atoms with van der Waals surface area (Å²) in [6.45, 7) is 2.51. The highest BCUT2D eigenvalue weighted by atomic mass is 16.5. The summed E-state index contributed by atoms with van der Waals surface area (Å²) in [4.78, 5) is 27.8. The fourth-order valence-corrected chi connectivity index (χ4v) is 5.38. The molecule has 0 radical (unpaired) electrons. The number of hydrogen-bond acceptors (Lipinski definition) is 5. The van der Waals surface area contributed by atoms with Crippen molar-refractivity contribution in [3.05, 3.63) is 118 Å². The number of carbonyl (C=O) groups is 1. The smallest absolute Gasteiger partial charge is 0.279 e. The molecule has 0 fully saturated rings. The van der Waals surface area contributed by atoms with E-state index >= 15 is 0 Å². The summed E-state index contributed by atoms with van der Waals surface area (Å²) in [5.41, 5.74) is 3.81. The van der Waals surface area contributed by atoms with E-state index in [2.05, 4.69) is 11.2 Å². The SMILES string of the molecule is CO[C@@H](c1ccc(-n2ncc3ccccc3c2=O)cc1)[C@@H](C)/C=C/CC(=O)N1Cc2ccccc2C[C@H]1CO. The Morgan fingerprint density at radius 2 is 1.79 bits per heavy atom. The molecule has 1 aliphatic rings. The Hall–Kier alpha value is -4.07. The van der Waals surface area contributed by atoms with Gasteiger partial charge in [0.1, 0.15) is 0 Å². The first-order chi connectivity index (χ1) is 19.0. The number of hydrogen-bond donors (Lipinski definition) is 1. The van der Waals surface area contributed by atoms with Crippen LogP contribution in [0.3, 0.4) is 0 Å². The van der Waals surface area contributed by atoms with Crippen LogP contribution in [0.5, 0.6) is 0 Å². The van der Waals surface area contributed by atoms with E-state index in [9.17, 15) is 14.7 Å². The number of carbonyl (C=O) groups excluding carboxylic acids is 1. The van der Waals surface area contributed by atoms with Crippen molar-refractivity contribution in [2.24, 2.45) is 5.92 Å². The number of benzene rings is 3. The van der Waals surface area contributed by atoms with Crippen molar-refractivity contribution in [3.8, 4) is 5.69 Å². The average molecular weight is 524 g/mol. The summed E-state index contributed by atoms with van der Waals surface area (Å²) in [7, 11) is 1.67. The van der Waals surface area contributed by atoms with Crippen molar-refractivity contribution in [1.29, 1.82) is 0 Å². The van der Waals surface area contributed by atoms with Crippen LogP contribution in [0, 0.1) is 5.92 Å². The molecule has 0 spiro atoms. The van der Waals surface area contributed by atoms with Gasteiger partial charge in [-0.3, -0.25) is 9.59 Å². The standard InChI is InChI=1S/C32H33N3O4/c1-22(8-7-13-30(37)34-20-26-11-4-3-9-24(26)18-28(34)21-36)31(39-2)23-14-16-27(17-15-23)35-32(38)29-12-6-5-10-25(29)19-33-35/h3-12,14-17,19,22,28,31,36H,13,18,20-21H2,1-2H3/b8-7+/t22-,28-,31+/m0/s1. The minimum absolute atomic E-state index is 0.00125. The molecule has 200 valence electrons. The lowest BCUT2D eigenvalue weighted by Crippen LogP contribution is -2.46. The molecule has 1 amide bonds. The second-order valence-corrected chi connectivity index (χ2v) is 10.0. The molecule has 0 bridgehead atoms. The molecule has 0 saturated heterocycles. The molecule has 1 N–H and O–H groups in total. The highest BCUT2D eigenvalue weighted by molar-refractivity contribution is 5.80. The number of nitrogens with zero attached hydrogens (tertiary/aromatic N) is 3. The van der Waals surface area contributed by atoms with Crippen LogP contribution in [0.25, 0.3) is 16.5 Å². The van der Waals surface area contributed by atoms with Crippen LogP contribution in [0.2, 0.25) is 0 Å². The van der Waals surface area contributed by atoms with Crippen LogP contribution in [-0.4, -0.2) is 45.5 Å². The molecule has 0 saturated carbocycles. The molecule has 0 aliphatic carbocycles. The van der Waals surface area contributed by atoms with Crippen LogP contribution in [0.1, 0.15) is 36.1 Å². The first-order valence-electron chi connectivity index (χ1n) is 13.2. The van der Waals surface area contributed by atoms with Crippen LogP contribution in [-0.2, 0) is 22.5 Å². The van der Waals surface area contributed by atoms with E-state index < -0.39 is 0 Å². The Morgan fingerprint density at radius 3 is 2.54 bits per heavy atom. The van der Waals surface area contributed by atoms with Crippen LogP contribution < -0.4 is 5.56 Å². The maximum Gasteiger partial charge on any atom is 0.279 e. The van der Waals surface area contributed by atoms with Gasteiger partial charge < -0.3 is 14.7 Å². The summed E-state index contributed by atoms with van der Waals surface area (Å²) < 4.78 is 7.21. The normalized spacial score (nSPS) is 16.8. The second-order valence-electron chi connectivity index (χ2n) is 10.0. The molecule has 39 heavy (non-hydrogen) atoms. The maximum absolute atomic E-state index is 13.0. The van der Waals surface area contributed by atoms with Gasteiger partial charge in [-0.05, 0) is 41.3 Å². The number of amides is 1. The third-order valence-electron chi connectivity index (χ3n) is 7.51. The Balaban J connectivity index is 1.25. The van der Waals surface area contributed by atoms with Crippen molar-refractivity contribution < 1.29 is 14.6 Å². The van der Waals surface area contributed by atoms with Crippen LogP contribution >= 0.6 is 0 Å². The Morgan fingerprint density at radius 1 is 1.08 bits per heavy atom. The molecular formula is C32H33N3O4. The van der Waals surface area contributed by atoms with Crippen LogP contribution in [0.4, 0.5) is 0 Å². The fourth-order valence-electron chi connectivity index (χ4n) is 5.38. The number of aliphatic hydroxyl groups is 1. The first kappa shape index (κ1) is 26.5. The number of rotatable bonds is 8.